The largest absolute Gasteiger partial charge is 0.470 e. The summed E-state index contributed by atoms with van der Waals surface area (Å²) in [5.74, 6) is -1.01. The van der Waals surface area contributed by atoms with Gasteiger partial charge in [-0.3, -0.25) is 9.48 Å². The Bertz CT molecular complexity index is 1920. The van der Waals surface area contributed by atoms with Gasteiger partial charge in [0.1, 0.15) is 6.61 Å². The molecule has 0 saturated carbocycles. The third-order valence-corrected chi connectivity index (χ3v) is 7.68. The summed E-state index contributed by atoms with van der Waals surface area (Å²) in [6.07, 6.45) is 4.84. The highest BCUT2D eigenvalue weighted by molar-refractivity contribution is 7.90. The molecule has 0 radical (unpaired) electrons. The van der Waals surface area contributed by atoms with Crippen molar-refractivity contribution in [2.45, 2.75) is 17.6 Å². The number of nitrogens with one attached hydrogen (secondary N) is 1. The molecule has 0 aliphatic heterocycles. The second-order valence-electron chi connectivity index (χ2n) is 9.98. The van der Waals surface area contributed by atoms with Crippen LogP contribution in [0.3, 0.4) is 0 Å². The van der Waals surface area contributed by atoms with Gasteiger partial charge in [0.2, 0.25) is 6.10 Å². The molecule has 1 amide bonds. The SMILES string of the molecule is Cn1cc(-c2cnc(N)c(OC(C(=O)OCc3ccccc3)c3cccc(NC(=O)c4cccc(S(C)(=O)=O)c4)c3)c2)cn1. The van der Waals surface area contributed by atoms with Crippen LogP contribution in [0.5, 0.6) is 5.75 Å². The summed E-state index contributed by atoms with van der Waals surface area (Å²) in [7, 11) is -1.72. The van der Waals surface area contributed by atoms with Gasteiger partial charge in [-0.15, -0.1) is 0 Å². The summed E-state index contributed by atoms with van der Waals surface area (Å²) in [4.78, 5) is 30.8. The monoisotopic (exact) mass is 611 g/mol. The number of aryl methyl sites for hydroxylation is 1. The first-order chi connectivity index (χ1) is 21.1. The molecule has 0 aliphatic rings. The number of hydrogen-bond acceptors (Lipinski definition) is 9. The van der Waals surface area contributed by atoms with Crippen molar-refractivity contribution in [1.82, 2.24) is 14.8 Å². The third-order valence-electron chi connectivity index (χ3n) is 6.57. The van der Waals surface area contributed by atoms with Crippen LogP contribution in [0.25, 0.3) is 11.1 Å². The smallest absolute Gasteiger partial charge is 0.352 e. The van der Waals surface area contributed by atoms with Crippen molar-refractivity contribution in [2.24, 2.45) is 7.05 Å². The average Bonchev–Trinajstić information content (AvgIpc) is 3.46. The molecule has 0 saturated heterocycles. The lowest BCUT2D eigenvalue weighted by molar-refractivity contribution is -0.153. The second kappa shape index (κ2) is 12.8. The first kappa shape index (κ1) is 30.0. The first-order valence-corrected chi connectivity index (χ1v) is 15.3. The van der Waals surface area contributed by atoms with Crippen molar-refractivity contribution >= 4 is 33.2 Å². The van der Waals surface area contributed by atoms with Crippen molar-refractivity contribution in [3.63, 3.8) is 0 Å². The van der Waals surface area contributed by atoms with Crippen LogP contribution < -0.4 is 15.8 Å². The highest BCUT2D eigenvalue weighted by Crippen LogP contribution is 2.32. The van der Waals surface area contributed by atoms with Crippen molar-refractivity contribution in [1.29, 1.82) is 0 Å². The Morgan fingerprint density at radius 3 is 2.45 bits per heavy atom. The summed E-state index contributed by atoms with van der Waals surface area (Å²) < 4.78 is 37.4. The number of benzene rings is 3. The van der Waals surface area contributed by atoms with E-state index < -0.39 is 27.8 Å². The molecule has 3 N–H and O–H groups in total. The Hall–Kier alpha value is -5.49. The van der Waals surface area contributed by atoms with Gasteiger partial charge in [-0.25, -0.2) is 18.2 Å². The van der Waals surface area contributed by atoms with E-state index in [2.05, 4.69) is 15.4 Å². The normalized spacial score (nSPS) is 11.9. The van der Waals surface area contributed by atoms with Crippen LogP contribution in [-0.2, 0) is 33.0 Å². The molecule has 12 heteroatoms. The number of carbonyl (C=O) groups is 2. The summed E-state index contributed by atoms with van der Waals surface area (Å²) in [6.45, 7) is 0.0100. The molecule has 5 rings (SSSR count). The predicted molar refractivity (Wildman–Crippen MR) is 164 cm³/mol. The molecule has 0 aliphatic carbocycles. The summed E-state index contributed by atoms with van der Waals surface area (Å²) in [5, 5.41) is 6.93. The average molecular weight is 612 g/mol. The Morgan fingerprint density at radius 2 is 1.73 bits per heavy atom. The van der Waals surface area contributed by atoms with E-state index in [0.29, 0.717) is 16.8 Å². The van der Waals surface area contributed by atoms with E-state index in [0.717, 1.165) is 17.4 Å². The zero-order valence-electron chi connectivity index (χ0n) is 23.9. The van der Waals surface area contributed by atoms with Crippen molar-refractivity contribution < 1.29 is 27.5 Å². The van der Waals surface area contributed by atoms with Crippen LogP contribution in [0.1, 0.15) is 27.6 Å². The number of aromatic nitrogens is 3. The van der Waals surface area contributed by atoms with Gasteiger partial charge in [-0.05, 0) is 42.0 Å². The number of hydrogen-bond donors (Lipinski definition) is 2. The van der Waals surface area contributed by atoms with E-state index >= 15 is 0 Å². The molecule has 3 aromatic carbocycles. The van der Waals surface area contributed by atoms with Gasteiger partial charge in [0.15, 0.2) is 21.4 Å². The van der Waals surface area contributed by atoms with Crippen LogP contribution in [0.2, 0.25) is 0 Å². The third kappa shape index (κ3) is 7.28. The molecular weight excluding hydrogens is 582 g/mol. The molecule has 11 nitrogen and oxygen atoms in total. The minimum atomic E-state index is -3.51. The van der Waals surface area contributed by atoms with E-state index in [1.54, 1.807) is 60.7 Å². The van der Waals surface area contributed by atoms with E-state index in [4.69, 9.17) is 15.2 Å². The van der Waals surface area contributed by atoms with E-state index in [1.165, 1.54) is 24.3 Å². The van der Waals surface area contributed by atoms with E-state index in [1.807, 2.05) is 30.3 Å². The standard InChI is InChI=1S/C32H29N5O6S/c1-37-19-25(18-35-37)24-16-28(30(33)34-17-24)43-29(32(39)42-20-21-8-4-3-5-9-21)22-10-6-12-26(14-22)36-31(38)23-11-7-13-27(15-23)44(2,40)41/h3-19,29H,20H2,1-2H3,(H2,33,34)(H,36,38). The van der Waals surface area contributed by atoms with Gasteiger partial charge in [-0.1, -0.05) is 48.5 Å². The number of ether oxygens (including phenoxy) is 2. The Labute approximate surface area is 254 Å². The van der Waals surface area contributed by atoms with Crippen LogP contribution in [0, 0.1) is 0 Å². The Balaban J connectivity index is 1.44. The predicted octanol–water partition coefficient (Wildman–Crippen LogP) is 4.58. The molecule has 2 aromatic heterocycles. The first-order valence-electron chi connectivity index (χ1n) is 13.4. The van der Waals surface area contributed by atoms with Gasteiger partial charge in [0, 0.05) is 53.6 Å². The van der Waals surface area contributed by atoms with Crippen LogP contribution >= 0.6 is 0 Å². The van der Waals surface area contributed by atoms with Crippen molar-refractivity contribution in [2.75, 3.05) is 17.3 Å². The van der Waals surface area contributed by atoms with Gasteiger partial charge in [0.05, 0.1) is 11.1 Å². The molecule has 0 spiro atoms. The van der Waals surface area contributed by atoms with E-state index in [-0.39, 0.29) is 28.6 Å². The number of pyridine rings is 1. The number of rotatable bonds is 10. The van der Waals surface area contributed by atoms with Crippen LogP contribution in [0.4, 0.5) is 11.5 Å². The Kier molecular flexibility index (Phi) is 8.72. The van der Waals surface area contributed by atoms with Gasteiger partial charge in [0.25, 0.3) is 5.91 Å². The number of nitrogen functional groups attached to an aromatic ring is 1. The number of sulfone groups is 1. The number of anilines is 2. The minimum absolute atomic E-state index is 0.0100. The van der Waals surface area contributed by atoms with Gasteiger partial charge >= 0.3 is 5.97 Å². The molecule has 224 valence electrons. The second-order valence-corrected chi connectivity index (χ2v) is 12.0. The topological polar surface area (TPSA) is 156 Å². The van der Waals surface area contributed by atoms with Crippen molar-refractivity contribution in [3.05, 3.63) is 120 Å². The lowest BCUT2D eigenvalue weighted by atomic mass is 10.1. The lowest BCUT2D eigenvalue weighted by Crippen LogP contribution is -2.22. The number of esters is 1. The summed E-state index contributed by atoms with van der Waals surface area (Å²) >= 11 is 0. The van der Waals surface area contributed by atoms with Crippen molar-refractivity contribution in [3.8, 4) is 16.9 Å². The fraction of sp³-hybridized carbons (Fsp3) is 0.125. The molecular formula is C32H29N5O6S. The zero-order chi connectivity index (χ0) is 31.3. The highest BCUT2D eigenvalue weighted by atomic mass is 32.2. The zero-order valence-corrected chi connectivity index (χ0v) is 24.7. The highest BCUT2D eigenvalue weighted by Gasteiger charge is 2.27. The molecule has 1 unspecified atom stereocenters. The maximum atomic E-state index is 13.5. The minimum Gasteiger partial charge on any atom is -0.470 e. The number of carbonyl (C=O) groups excluding carboxylic acids is 2. The summed E-state index contributed by atoms with van der Waals surface area (Å²) in [6, 6.07) is 23.1. The fourth-order valence-corrected chi connectivity index (χ4v) is 4.98. The molecule has 44 heavy (non-hydrogen) atoms. The Morgan fingerprint density at radius 1 is 0.955 bits per heavy atom. The lowest BCUT2D eigenvalue weighted by Gasteiger charge is -2.20. The van der Waals surface area contributed by atoms with Gasteiger partial charge in [-0.2, -0.15) is 5.10 Å². The number of nitrogens with two attached hydrogens (primary N) is 1. The fourth-order valence-electron chi connectivity index (χ4n) is 4.31. The number of amides is 1. The molecule has 1 atom stereocenters. The molecule has 0 bridgehead atoms. The maximum absolute atomic E-state index is 13.5. The maximum Gasteiger partial charge on any atom is 0.352 e. The summed E-state index contributed by atoms with van der Waals surface area (Å²) in [5.41, 5.74) is 9.27. The number of nitrogens with zero attached hydrogens (tertiary/aromatic N) is 3. The van der Waals surface area contributed by atoms with Crippen LogP contribution in [-0.4, -0.2) is 41.3 Å². The van der Waals surface area contributed by atoms with Crippen LogP contribution in [0.15, 0.2) is 108 Å². The molecule has 2 heterocycles. The molecule has 0 fully saturated rings. The molecule has 5 aromatic rings. The van der Waals surface area contributed by atoms with E-state index in [9.17, 15) is 18.0 Å². The van der Waals surface area contributed by atoms with Gasteiger partial charge < -0.3 is 20.5 Å². The quantitative estimate of drug-likeness (QED) is 0.216.